The predicted molar refractivity (Wildman–Crippen MR) is 103 cm³/mol. The van der Waals surface area contributed by atoms with Gasteiger partial charge >= 0.3 is 0 Å². The van der Waals surface area contributed by atoms with Crippen molar-refractivity contribution in [1.29, 1.82) is 0 Å². The minimum Gasteiger partial charge on any atom is -0.493 e. The number of hydrogen-bond donors (Lipinski definition) is 1. The van der Waals surface area contributed by atoms with Gasteiger partial charge in [0, 0.05) is 18.8 Å². The van der Waals surface area contributed by atoms with Gasteiger partial charge in [-0.25, -0.2) is 4.39 Å². The maximum atomic E-state index is 13.1. The van der Waals surface area contributed by atoms with E-state index in [9.17, 15) is 14.0 Å². The Hall–Kier alpha value is -3.09. The molecule has 28 heavy (non-hydrogen) atoms. The molecule has 0 saturated carbocycles. The van der Waals surface area contributed by atoms with Crippen LogP contribution >= 0.6 is 0 Å². The highest BCUT2D eigenvalue weighted by atomic mass is 19.1. The van der Waals surface area contributed by atoms with Crippen LogP contribution in [-0.2, 0) is 16.1 Å². The summed E-state index contributed by atoms with van der Waals surface area (Å²) in [5, 5.41) is 2.81. The van der Waals surface area contributed by atoms with Crippen LogP contribution in [-0.4, -0.2) is 32.1 Å². The Kier molecular flexibility index (Phi) is 6.13. The van der Waals surface area contributed by atoms with Gasteiger partial charge in [0.2, 0.25) is 11.8 Å². The van der Waals surface area contributed by atoms with Gasteiger partial charge in [-0.15, -0.1) is 0 Å². The largest absolute Gasteiger partial charge is 0.493 e. The van der Waals surface area contributed by atoms with Crippen molar-refractivity contribution in [3.05, 3.63) is 53.8 Å². The number of nitrogens with zero attached hydrogens (tertiary/aromatic N) is 1. The summed E-state index contributed by atoms with van der Waals surface area (Å²) in [6.07, 6.45) is 0.425. The molecule has 1 N–H and O–H groups in total. The monoisotopic (exact) mass is 386 g/mol. The Labute approximate surface area is 163 Å². The summed E-state index contributed by atoms with van der Waals surface area (Å²) < 4.78 is 23.9. The number of carbonyl (C=O) groups is 2. The van der Waals surface area contributed by atoms with Gasteiger partial charge in [-0.05, 0) is 55.3 Å². The molecule has 7 heteroatoms. The number of ether oxygens (including phenoxy) is 2. The first-order valence-corrected chi connectivity index (χ1v) is 9.18. The van der Waals surface area contributed by atoms with Crippen LogP contribution in [0.3, 0.4) is 0 Å². The lowest BCUT2D eigenvalue weighted by Crippen LogP contribution is -2.36. The second kappa shape index (κ2) is 8.73. The van der Waals surface area contributed by atoms with E-state index in [0.29, 0.717) is 36.8 Å². The maximum absolute atomic E-state index is 13.1. The second-order valence-electron chi connectivity index (χ2n) is 6.44. The van der Waals surface area contributed by atoms with Crippen molar-refractivity contribution >= 4 is 17.5 Å². The maximum Gasteiger partial charge on any atom is 0.239 e. The Morgan fingerprint density at radius 2 is 1.96 bits per heavy atom. The summed E-state index contributed by atoms with van der Waals surface area (Å²) in [5.74, 6) is -0.463. The Morgan fingerprint density at radius 1 is 1.21 bits per heavy atom. The highest BCUT2D eigenvalue weighted by molar-refractivity contribution is 6.09. The molecule has 6 nitrogen and oxygen atoms in total. The molecule has 2 aromatic rings. The van der Waals surface area contributed by atoms with Crippen LogP contribution in [0, 0.1) is 11.7 Å². The first-order valence-electron chi connectivity index (χ1n) is 9.18. The molecule has 0 spiro atoms. The topological polar surface area (TPSA) is 67.9 Å². The van der Waals surface area contributed by atoms with Gasteiger partial charge < -0.3 is 19.7 Å². The molecule has 0 unspecified atom stereocenters. The summed E-state index contributed by atoms with van der Waals surface area (Å²) in [6, 6.07) is 11.1. The highest BCUT2D eigenvalue weighted by Crippen LogP contribution is 2.28. The van der Waals surface area contributed by atoms with Crippen molar-refractivity contribution in [2.75, 3.05) is 25.2 Å². The van der Waals surface area contributed by atoms with E-state index in [2.05, 4.69) is 5.32 Å². The number of amides is 2. The normalized spacial score (nSPS) is 16.2. The van der Waals surface area contributed by atoms with Crippen LogP contribution in [0.4, 0.5) is 10.1 Å². The third-order valence-electron chi connectivity index (χ3n) is 4.65. The summed E-state index contributed by atoms with van der Waals surface area (Å²) >= 11 is 0. The SMILES string of the molecule is CCOc1ccc(CNC(=O)[C@H]2CCN(c3ccc(F)cc3)C2=O)cc1OC. The average Bonchev–Trinajstić information content (AvgIpc) is 3.09. The second-order valence-corrected chi connectivity index (χ2v) is 6.44. The molecule has 1 aliphatic rings. The molecule has 3 rings (SSSR count). The Bertz CT molecular complexity index is 854. The summed E-state index contributed by atoms with van der Waals surface area (Å²) in [5.41, 5.74) is 1.44. The van der Waals surface area contributed by atoms with E-state index < -0.39 is 5.92 Å². The average molecular weight is 386 g/mol. The van der Waals surface area contributed by atoms with Crippen LogP contribution in [0.5, 0.6) is 11.5 Å². The van der Waals surface area contributed by atoms with Crippen LogP contribution < -0.4 is 19.7 Å². The van der Waals surface area contributed by atoms with Crippen molar-refractivity contribution in [3.8, 4) is 11.5 Å². The number of halogens is 1. The number of rotatable bonds is 7. The van der Waals surface area contributed by atoms with Gasteiger partial charge in [0.1, 0.15) is 11.7 Å². The lowest BCUT2D eigenvalue weighted by Gasteiger charge is -2.17. The number of hydrogen-bond acceptors (Lipinski definition) is 4. The van der Waals surface area contributed by atoms with E-state index in [1.807, 2.05) is 13.0 Å². The quantitative estimate of drug-likeness (QED) is 0.743. The molecule has 1 atom stereocenters. The van der Waals surface area contributed by atoms with Crippen LogP contribution in [0.2, 0.25) is 0 Å². The zero-order chi connectivity index (χ0) is 20.1. The standard InChI is InChI=1S/C21H23FN2O4/c1-3-28-18-9-4-14(12-19(18)27-2)13-23-20(25)17-10-11-24(21(17)26)16-7-5-15(22)6-8-16/h4-9,12,17H,3,10-11,13H2,1-2H3,(H,23,25)/t17-/m1/s1. The van der Waals surface area contributed by atoms with Gasteiger partial charge in [0.15, 0.2) is 11.5 Å². The van der Waals surface area contributed by atoms with E-state index >= 15 is 0 Å². The van der Waals surface area contributed by atoms with Crippen molar-refractivity contribution in [1.82, 2.24) is 5.32 Å². The molecule has 148 valence electrons. The van der Waals surface area contributed by atoms with Crippen molar-refractivity contribution in [2.24, 2.45) is 5.92 Å². The summed E-state index contributed by atoms with van der Waals surface area (Å²) in [7, 11) is 1.56. The first kappa shape index (κ1) is 19.7. The molecule has 2 amide bonds. The van der Waals surface area contributed by atoms with E-state index in [1.54, 1.807) is 31.4 Å². The number of anilines is 1. The van der Waals surface area contributed by atoms with Gasteiger partial charge in [-0.1, -0.05) is 6.07 Å². The molecule has 0 aliphatic carbocycles. The molecule has 1 heterocycles. The van der Waals surface area contributed by atoms with Crippen molar-refractivity contribution in [2.45, 2.75) is 19.9 Å². The summed E-state index contributed by atoms with van der Waals surface area (Å²) in [4.78, 5) is 26.6. The molecule has 0 bridgehead atoms. The van der Waals surface area contributed by atoms with Gasteiger partial charge in [0.25, 0.3) is 0 Å². The minimum absolute atomic E-state index is 0.270. The molecule has 0 radical (unpaired) electrons. The molecule has 0 aromatic heterocycles. The predicted octanol–water partition coefficient (Wildman–Crippen LogP) is 2.90. The number of methoxy groups -OCH3 is 1. The van der Waals surface area contributed by atoms with Crippen LogP contribution in [0.25, 0.3) is 0 Å². The van der Waals surface area contributed by atoms with Gasteiger partial charge in [-0.3, -0.25) is 9.59 Å². The van der Waals surface area contributed by atoms with Gasteiger partial charge in [0.05, 0.1) is 13.7 Å². The van der Waals surface area contributed by atoms with Crippen LogP contribution in [0.15, 0.2) is 42.5 Å². The van der Waals surface area contributed by atoms with Crippen molar-refractivity contribution < 1.29 is 23.5 Å². The molecular formula is C21H23FN2O4. The third-order valence-corrected chi connectivity index (χ3v) is 4.65. The lowest BCUT2D eigenvalue weighted by atomic mass is 10.1. The number of carbonyl (C=O) groups excluding carboxylic acids is 2. The Morgan fingerprint density at radius 3 is 2.64 bits per heavy atom. The zero-order valence-corrected chi connectivity index (χ0v) is 15.9. The minimum atomic E-state index is -0.741. The lowest BCUT2D eigenvalue weighted by molar-refractivity contribution is -0.132. The molecule has 1 aliphatic heterocycles. The zero-order valence-electron chi connectivity index (χ0n) is 15.9. The van der Waals surface area contributed by atoms with Gasteiger partial charge in [-0.2, -0.15) is 0 Å². The third kappa shape index (κ3) is 4.24. The van der Waals surface area contributed by atoms with Crippen molar-refractivity contribution in [3.63, 3.8) is 0 Å². The van der Waals surface area contributed by atoms with E-state index in [0.717, 1.165) is 5.56 Å². The first-order chi connectivity index (χ1) is 13.5. The fraction of sp³-hybridized carbons (Fsp3) is 0.333. The molecular weight excluding hydrogens is 363 g/mol. The fourth-order valence-electron chi connectivity index (χ4n) is 3.21. The summed E-state index contributed by atoms with van der Waals surface area (Å²) in [6.45, 7) is 3.13. The highest BCUT2D eigenvalue weighted by Gasteiger charge is 2.37. The van der Waals surface area contributed by atoms with E-state index in [1.165, 1.54) is 17.0 Å². The smallest absolute Gasteiger partial charge is 0.239 e. The fourth-order valence-corrected chi connectivity index (χ4v) is 3.21. The number of benzene rings is 2. The number of nitrogens with one attached hydrogen (secondary N) is 1. The van der Waals surface area contributed by atoms with E-state index in [4.69, 9.17) is 9.47 Å². The molecule has 1 fully saturated rings. The molecule has 2 aromatic carbocycles. The Balaban J connectivity index is 1.61. The van der Waals surface area contributed by atoms with Crippen LogP contribution in [0.1, 0.15) is 18.9 Å². The molecule has 1 saturated heterocycles. The van der Waals surface area contributed by atoms with E-state index in [-0.39, 0.29) is 24.2 Å².